The van der Waals surface area contributed by atoms with E-state index in [2.05, 4.69) is 18.5 Å². The van der Waals surface area contributed by atoms with Gasteiger partial charge in [0.15, 0.2) is 0 Å². The summed E-state index contributed by atoms with van der Waals surface area (Å²) < 4.78 is 0. The molecule has 0 saturated heterocycles. The van der Waals surface area contributed by atoms with Crippen molar-refractivity contribution < 1.29 is 4.79 Å². The second kappa shape index (κ2) is 4.33. The predicted octanol–water partition coefficient (Wildman–Crippen LogP) is 0.317. The van der Waals surface area contributed by atoms with Crippen LogP contribution in [-0.2, 0) is 4.79 Å². The second-order valence-electron chi connectivity index (χ2n) is 1.96. The van der Waals surface area contributed by atoms with Gasteiger partial charge in [-0.05, 0) is 6.08 Å². The Hall–Kier alpha value is -1.51. The van der Waals surface area contributed by atoms with Crippen molar-refractivity contribution in [1.82, 2.24) is 5.32 Å². The minimum atomic E-state index is -0.216. The van der Waals surface area contributed by atoms with Gasteiger partial charge in [0.25, 0.3) is 5.91 Å². The molecule has 0 heterocycles. The molecule has 1 amide bonds. The fourth-order valence-corrected chi connectivity index (χ4v) is 0.561. The zero-order valence-electron chi connectivity index (χ0n) is 6.55. The summed E-state index contributed by atoms with van der Waals surface area (Å²) in [4.78, 5) is 10.9. The molecule has 0 unspecified atom stereocenters. The lowest BCUT2D eigenvalue weighted by molar-refractivity contribution is -0.116. The molecule has 0 rings (SSSR count). The highest BCUT2D eigenvalue weighted by molar-refractivity contribution is 5.96. The molecular weight excluding hydrogens is 140 g/mol. The number of nitrogens with two attached hydrogens (primary N) is 1. The monoisotopic (exact) mass is 152 g/mol. The molecule has 0 fully saturated rings. The van der Waals surface area contributed by atoms with Crippen molar-refractivity contribution in [2.45, 2.75) is 0 Å². The molecule has 3 heteroatoms. The topological polar surface area (TPSA) is 55.1 Å². The Balaban J connectivity index is 4.52. The predicted molar refractivity (Wildman–Crippen MR) is 45.7 cm³/mol. The van der Waals surface area contributed by atoms with E-state index in [-0.39, 0.29) is 5.91 Å². The lowest BCUT2D eigenvalue weighted by Gasteiger charge is -1.98. The smallest absolute Gasteiger partial charge is 0.251 e. The maximum absolute atomic E-state index is 10.9. The fraction of sp³-hybridized carbons (Fsp3) is 0.125. The third-order valence-electron chi connectivity index (χ3n) is 1.05. The molecule has 0 aliphatic rings. The van der Waals surface area contributed by atoms with Crippen LogP contribution in [0.2, 0.25) is 0 Å². The molecule has 0 aromatic rings. The zero-order chi connectivity index (χ0) is 8.85. The number of allylic oxidation sites excluding steroid dienone is 1. The van der Waals surface area contributed by atoms with Crippen molar-refractivity contribution in [3.8, 4) is 0 Å². The quantitative estimate of drug-likeness (QED) is 0.452. The lowest BCUT2D eigenvalue weighted by atomic mass is 10.2. The van der Waals surface area contributed by atoms with Gasteiger partial charge in [0, 0.05) is 18.3 Å². The van der Waals surface area contributed by atoms with E-state index in [1.807, 2.05) is 0 Å². The highest BCUT2D eigenvalue weighted by Crippen LogP contribution is 1.97. The molecule has 0 spiro atoms. The molecule has 0 aliphatic carbocycles. The Morgan fingerprint density at radius 2 is 2.18 bits per heavy atom. The van der Waals surface area contributed by atoms with Crippen LogP contribution in [0.4, 0.5) is 0 Å². The molecule has 0 radical (unpaired) electrons. The number of hydrogen-bond donors (Lipinski definition) is 2. The van der Waals surface area contributed by atoms with Gasteiger partial charge in [-0.25, -0.2) is 0 Å². The minimum absolute atomic E-state index is 0.216. The van der Waals surface area contributed by atoms with Crippen molar-refractivity contribution in [2.24, 2.45) is 5.73 Å². The van der Waals surface area contributed by atoms with Gasteiger partial charge in [-0.1, -0.05) is 19.2 Å². The number of nitrogens with one attached hydrogen (secondary N) is 1. The van der Waals surface area contributed by atoms with Crippen LogP contribution in [0.25, 0.3) is 0 Å². The van der Waals surface area contributed by atoms with E-state index in [0.717, 1.165) is 0 Å². The molecular formula is C8H12N2O. The maximum Gasteiger partial charge on any atom is 0.251 e. The van der Waals surface area contributed by atoms with E-state index in [1.54, 1.807) is 7.05 Å². The summed E-state index contributed by atoms with van der Waals surface area (Å²) in [5, 5.41) is 2.45. The number of likely N-dealkylation sites (N-methyl/N-ethyl adjacent to an activating group) is 1. The Labute approximate surface area is 66.3 Å². The van der Waals surface area contributed by atoms with Crippen molar-refractivity contribution >= 4 is 5.91 Å². The van der Waals surface area contributed by atoms with Gasteiger partial charge in [-0.2, -0.15) is 0 Å². The van der Waals surface area contributed by atoms with Crippen LogP contribution in [0.1, 0.15) is 0 Å². The lowest BCUT2D eigenvalue weighted by Crippen LogP contribution is -2.19. The summed E-state index contributed by atoms with van der Waals surface area (Å²) in [5.74, 6) is -0.216. The molecule has 3 N–H and O–H groups in total. The summed E-state index contributed by atoms with van der Waals surface area (Å²) in [6.45, 7) is 6.89. The molecule has 0 bridgehead atoms. The highest BCUT2D eigenvalue weighted by Gasteiger charge is 2.00. The van der Waals surface area contributed by atoms with Gasteiger partial charge in [0.05, 0.1) is 0 Å². The molecule has 11 heavy (non-hydrogen) atoms. The summed E-state index contributed by atoms with van der Waals surface area (Å²) in [6.07, 6.45) is 2.89. The van der Waals surface area contributed by atoms with Crippen LogP contribution in [0.3, 0.4) is 0 Å². The number of hydrogen-bond acceptors (Lipinski definition) is 2. The van der Waals surface area contributed by atoms with Crippen molar-refractivity contribution in [1.29, 1.82) is 0 Å². The number of carbonyl (C=O) groups is 1. The van der Waals surface area contributed by atoms with E-state index in [9.17, 15) is 4.79 Å². The molecule has 3 nitrogen and oxygen atoms in total. The Morgan fingerprint density at radius 3 is 2.45 bits per heavy atom. The fourth-order valence-electron chi connectivity index (χ4n) is 0.561. The first-order valence-corrected chi connectivity index (χ1v) is 3.12. The largest absolute Gasteiger partial charge is 0.399 e. The van der Waals surface area contributed by atoms with Gasteiger partial charge in [0.1, 0.15) is 0 Å². The SMILES string of the molecule is C=C/C(=C\C(=C)N)C(=O)NC. The summed E-state index contributed by atoms with van der Waals surface area (Å²) in [6, 6.07) is 0. The van der Waals surface area contributed by atoms with Crippen LogP contribution >= 0.6 is 0 Å². The Bertz CT molecular complexity index is 216. The first-order chi connectivity index (χ1) is 5.11. The maximum atomic E-state index is 10.9. The van der Waals surface area contributed by atoms with Crippen LogP contribution < -0.4 is 11.1 Å². The molecule has 0 atom stereocenters. The van der Waals surface area contributed by atoms with E-state index in [1.165, 1.54) is 12.2 Å². The highest BCUT2D eigenvalue weighted by atomic mass is 16.1. The first kappa shape index (κ1) is 9.49. The van der Waals surface area contributed by atoms with Gasteiger partial charge < -0.3 is 11.1 Å². The van der Waals surface area contributed by atoms with E-state index >= 15 is 0 Å². The second-order valence-corrected chi connectivity index (χ2v) is 1.96. The van der Waals surface area contributed by atoms with Crippen molar-refractivity contribution in [2.75, 3.05) is 7.05 Å². The summed E-state index contributed by atoms with van der Waals surface area (Å²) in [5.41, 5.74) is 6.02. The summed E-state index contributed by atoms with van der Waals surface area (Å²) >= 11 is 0. The minimum Gasteiger partial charge on any atom is -0.399 e. The van der Waals surface area contributed by atoms with Crippen molar-refractivity contribution in [3.63, 3.8) is 0 Å². The van der Waals surface area contributed by atoms with Gasteiger partial charge in [0.2, 0.25) is 0 Å². The van der Waals surface area contributed by atoms with Gasteiger partial charge in [-0.15, -0.1) is 0 Å². The average molecular weight is 152 g/mol. The van der Waals surface area contributed by atoms with Crippen LogP contribution in [-0.4, -0.2) is 13.0 Å². The first-order valence-electron chi connectivity index (χ1n) is 3.12. The molecule has 60 valence electrons. The molecule has 0 saturated carbocycles. The third kappa shape index (κ3) is 3.25. The van der Waals surface area contributed by atoms with Gasteiger partial charge in [-0.3, -0.25) is 4.79 Å². The van der Waals surface area contributed by atoms with Crippen LogP contribution in [0.5, 0.6) is 0 Å². The van der Waals surface area contributed by atoms with Crippen LogP contribution in [0.15, 0.2) is 36.6 Å². The van der Waals surface area contributed by atoms with E-state index < -0.39 is 0 Å². The van der Waals surface area contributed by atoms with Crippen molar-refractivity contribution in [3.05, 3.63) is 36.6 Å². The normalized spacial score (nSPS) is 10.5. The van der Waals surface area contributed by atoms with E-state index in [4.69, 9.17) is 5.73 Å². The van der Waals surface area contributed by atoms with Crippen LogP contribution in [0, 0.1) is 0 Å². The average Bonchev–Trinajstić information content (AvgIpc) is 1.98. The Morgan fingerprint density at radius 1 is 1.64 bits per heavy atom. The third-order valence-corrected chi connectivity index (χ3v) is 1.05. The molecule has 0 aliphatic heterocycles. The van der Waals surface area contributed by atoms with E-state index in [0.29, 0.717) is 11.3 Å². The number of rotatable bonds is 3. The van der Waals surface area contributed by atoms with Gasteiger partial charge >= 0.3 is 0 Å². The molecule has 0 aromatic heterocycles. The number of amides is 1. The number of carbonyl (C=O) groups excluding carboxylic acids is 1. The molecule has 0 aromatic carbocycles. The zero-order valence-corrected chi connectivity index (χ0v) is 6.55. The Kier molecular flexibility index (Phi) is 3.73. The summed E-state index contributed by atoms with van der Waals surface area (Å²) in [7, 11) is 1.54. The standard InChI is InChI=1S/C8H12N2O/c1-4-7(5-6(2)9)8(11)10-3/h4-5H,1-2,9H2,3H3,(H,10,11)/b7-5+.